The standard InChI is InChI=1S/C17H33NO4Si/c1-10(14(19)17(6,7)21)13-12(15(20)18-13)11(2)22-23(8,9)16(3,4)5/h10-13,21H,1-9H3,(H,18,20)/t10-,11-,12-,13-/m1/s1. The van der Waals surface area contributed by atoms with Crippen LogP contribution in [0.25, 0.3) is 0 Å². The van der Waals surface area contributed by atoms with Crippen molar-refractivity contribution in [2.75, 3.05) is 0 Å². The first-order valence-electron chi connectivity index (χ1n) is 8.34. The lowest BCUT2D eigenvalue weighted by atomic mass is 9.75. The molecule has 23 heavy (non-hydrogen) atoms. The van der Waals surface area contributed by atoms with Gasteiger partial charge in [-0.1, -0.05) is 27.7 Å². The van der Waals surface area contributed by atoms with Gasteiger partial charge in [-0.2, -0.15) is 0 Å². The topological polar surface area (TPSA) is 75.6 Å². The van der Waals surface area contributed by atoms with Gasteiger partial charge in [0.15, 0.2) is 14.1 Å². The molecular weight excluding hydrogens is 310 g/mol. The number of hydrogen-bond donors (Lipinski definition) is 2. The number of nitrogens with one attached hydrogen (secondary N) is 1. The number of carbonyl (C=O) groups is 2. The Kier molecular flexibility index (Phi) is 5.56. The minimum absolute atomic E-state index is 0.0610. The Labute approximate surface area is 141 Å². The maximum Gasteiger partial charge on any atom is 0.228 e. The van der Waals surface area contributed by atoms with E-state index >= 15 is 0 Å². The van der Waals surface area contributed by atoms with Crippen LogP contribution in [0.5, 0.6) is 0 Å². The van der Waals surface area contributed by atoms with Crippen molar-refractivity contribution < 1.29 is 19.1 Å². The summed E-state index contributed by atoms with van der Waals surface area (Å²) in [4.78, 5) is 24.3. The second kappa shape index (κ2) is 6.30. The lowest BCUT2D eigenvalue weighted by Gasteiger charge is -2.47. The van der Waals surface area contributed by atoms with Gasteiger partial charge in [0.2, 0.25) is 5.91 Å². The molecule has 1 fully saturated rings. The fourth-order valence-corrected chi connectivity index (χ4v) is 4.22. The molecule has 1 aliphatic rings. The Hall–Kier alpha value is -0.723. The minimum Gasteiger partial charge on any atom is -0.413 e. The summed E-state index contributed by atoms with van der Waals surface area (Å²) in [6, 6.07) is -0.277. The van der Waals surface area contributed by atoms with Crippen LogP contribution in [0.1, 0.15) is 48.5 Å². The largest absolute Gasteiger partial charge is 0.413 e. The highest BCUT2D eigenvalue weighted by atomic mass is 28.4. The Balaban J connectivity index is 2.86. The predicted molar refractivity (Wildman–Crippen MR) is 93.6 cm³/mol. The van der Waals surface area contributed by atoms with Crippen LogP contribution in [0.4, 0.5) is 0 Å². The number of hydrogen-bond acceptors (Lipinski definition) is 4. The first-order chi connectivity index (χ1) is 10.1. The Morgan fingerprint density at radius 2 is 1.70 bits per heavy atom. The zero-order valence-corrected chi connectivity index (χ0v) is 17.0. The lowest BCUT2D eigenvalue weighted by Crippen LogP contribution is -2.67. The highest BCUT2D eigenvalue weighted by Gasteiger charge is 2.51. The van der Waals surface area contributed by atoms with Gasteiger partial charge in [-0.05, 0) is 38.9 Å². The summed E-state index contributed by atoms with van der Waals surface area (Å²) in [5, 5.41) is 12.8. The lowest BCUT2D eigenvalue weighted by molar-refractivity contribution is -0.149. The molecule has 0 bridgehead atoms. The molecule has 1 heterocycles. The molecule has 1 rings (SSSR count). The van der Waals surface area contributed by atoms with Crippen molar-refractivity contribution in [1.29, 1.82) is 0 Å². The highest BCUT2D eigenvalue weighted by Crippen LogP contribution is 2.39. The Morgan fingerprint density at radius 1 is 1.22 bits per heavy atom. The monoisotopic (exact) mass is 343 g/mol. The predicted octanol–water partition coefficient (Wildman–Crippen LogP) is 2.49. The van der Waals surface area contributed by atoms with Gasteiger partial charge in [-0.25, -0.2) is 0 Å². The van der Waals surface area contributed by atoms with E-state index in [2.05, 4.69) is 39.2 Å². The van der Waals surface area contributed by atoms with E-state index in [1.54, 1.807) is 6.92 Å². The van der Waals surface area contributed by atoms with E-state index in [1.165, 1.54) is 13.8 Å². The molecule has 1 saturated heterocycles. The summed E-state index contributed by atoms with van der Waals surface area (Å²) in [5.74, 6) is -1.11. The first kappa shape index (κ1) is 20.3. The van der Waals surface area contributed by atoms with Crippen LogP contribution >= 0.6 is 0 Å². The summed E-state index contributed by atoms with van der Waals surface area (Å²) in [5.41, 5.74) is -1.40. The molecule has 5 nitrogen and oxygen atoms in total. The quantitative estimate of drug-likeness (QED) is 0.574. The van der Waals surface area contributed by atoms with E-state index in [4.69, 9.17) is 4.43 Å². The number of amides is 1. The fourth-order valence-electron chi connectivity index (χ4n) is 2.79. The smallest absolute Gasteiger partial charge is 0.228 e. The molecule has 2 N–H and O–H groups in total. The van der Waals surface area contributed by atoms with Crippen molar-refractivity contribution in [3.05, 3.63) is 0 Å². The molecule has 0 saturated carbocycles. The van der Waals surface area contributed by atoms with Crippen LogP contribution in [-0.4, -0.2) is 42.9 Å². The van der Waals surface area contributed by atoms with Crippen molar-refractivity contribution >= 4 is 20.0 Å². The third kappa shape index (κ3) is 4.22. The number of carbonyl (C=O) groups excluding carboxylic acids is 2. The summed E-state index contributed by atoms with van der Waals surface area (Å²) in [7, 11) is -1.99. The van der Waals surface area contributed by atoms with E-state index in [9.17, 15) is 14.7 Å². The van der Waals surface area contributed by atoms with Crippen LogP contribution in [0.15, 0.2) is 0 Å². The molecule has 134 valence electrons. The van der Waals surface area contributed by atoms with E-state index in [-0.39, 0.29) is 34.8 Å². The normalized spacial score (nSPS) is 25.4. The van der Waals surface area contributed by atoms with Crippen LogP contribution in [0.2, 0.25) is 18.1 Å². The van der Waals surface area contributed by atoms with E-state index in [0.717, 1.165) is 0 Å². The van der Waals surface area contributed by atoms with Crippen molar-refractivity contribution in [2.45, 2.75) is 84.3 Å². The van der Waals surface area contributed by atoms with Crippen LogP contribution in [0.3, 0.4) is 0 Å². The van der Waals surface area contributed by atoms with Crippen molar-refractivity contribution in [3.63, 3.8) is 0 Å². The maximum absolute atomic E-state index is 12.3. The third-order valence-electron chi connectivity index (χ3n) is 5.35. The van der Waals surface area contributed by atoms with Crippen LogP contribution in [0, 0.1) is 11.8 Å². The van der Waals surface area contributed by atoms with Gasteiger partial charge in [0.1, 0.15) is 5.60 Å². The van der Waals surface area contributed by atoms with Gasteiger partial charge < -0.3 is 14.8 Å². The molecule has 0 unspecified atom stereocenters. The van der Waals surface area contributed by atoms with Gasteiger partial charge in [-0.3, -0.25) is 9.59 Å². The molecule has 0 aliphatic carbocycles. The zero-order chi connectivity index (χ0) is 18.4. The highest BCUT2D eigenvalue weighted by molar-refractivity contribution is 6.74. The van der Waals surface area contributed by atoms with Gasteiger partial charge in [0.05, 0.1) is 18.1 Å². The molecule has 0 aromatic heterocycles. The molecule has 0 radical (unpaired) electrons. The first-order valence-corrected chi connectivity index (χ1v) is 11.3. The number of aliphatic hydroxyl groups is 1. The molecule has 0 aromatic rings. The Bertz CT molecular complexity index is 476. The van der Waals surface area contributed by atoms with E-state index in [1.807, 2.05) is 6.92 Å². The third-order valence-corrected chi connectivity index (χ3v) is 9.92. The van der Waals surface area contributed by atoms with Gasteiger partial charge in [0, 0.05) is 5.92 Å². The number of β-lactam (4-membered cyclic amide) rings is 1. The van der Waals surface area contributed by atoms with Crippen molar-refractivity contribution in [1.82, 2.24) is 5.32 Å². The van der Waals surface area contributed by atoms with E-state index in [0.29, 0.717) is 0 Å². The second-order valence-electron chi connectivity index (χ2n) is 8.86. The average molecular weight is 344 g/mol. The summed E-state index contributed by atoms with van der Waals surface area (Å²) < 4.78 is 6.33. The fraction of sp³-hybridized carbons (Fsp3) is 0.882. The average Bonchev–Trinajstić information content (AvgIpc) is 2.30. The summed E-state index contributed by atoms with van der Waals surface area (Å²) >= 11 is 0. The second-order valence-corrected chi connectivity index (χ2v) is 13.6. The summed E-state index contributed by atoms with van der Waals surface area (Å²) in [6.07, 6.45) is -0.244. The minimum atomic E-state index is -1.99. The SMILES string of the molecule is C[C@@H](O[Si](C)(C)C(C)(C)C)[C@H]1C(=O)N[C@@H]1[C@@H](C)C(=O)C(C)(C)O. The molecule has 1 aliphatic heterocycles. The number of rotatable bonds is 6. The summed E-state index contributed by atoms with van der Waals surface area (Å²) in [6.45, 7) is 17.4. The molecule has 1 amide bonds. The van der Waals surface area contributed by atoms with Gasteiger partial charge in [-0.15, -0.1) is 0 Å². The number of Topliss-reactive ketones (excluding diaryl/α,β-unsaturated/α-hetero) is 1. The zero-order valence-electron chi connectivity index (χ0n) is 16.0. The van der Waals surface area contributed by atoms with Crippen LogP contribution < -0.4 is 5.32 Å². The molecule has 0 spiro atoms. The van der Waals surface area contributed by atoms with Crippen molar-refractivity contribution in [2.24, 2.45) is 11.8 Å². The molecule has 0 aromatic carbocycles. The molecule has 4 atom stereocenters. The van der Waals surface area contributed by atoms with E-state index < -0.39 is 19.8 Å². The van der Waals surface area contributed by atoms with Gasteiger partial charge >= 0.3 is 0 Å². The molecular formula is C17H33NO4Si. The van der Waals surface area contributed by atoms with Crippen molar-refractivity contribution in [3.8, 4) is 0 Å². The maximum atomic E-state index is 12.3. The number of ketones is 1. The van der Waals surface area contributed by atoms with Gasteiger partial charge in [0.25, 0.3) is 0 Å². The molecule has 6 heteroatoms. The Morgan fingerprint density at radius 3 is 2.04 bits per heavy atom. The van der Waals surface area contributed by atoms with Crippen LogP contribution in [-0.2, 0) is 14.0 Å².